The molecule has 0 fully saturated rings. The van der Waals surface area contributed by atoms with Gasteiger partial charge in [0.05, 0.1) is 17.7 Å². The van der Waals surface area contributed by atoms with E-state index in [1.807, 2.05) is 0 Å². The number of methoxy groups -OCH3 is 1. The highest BCUT2D eigenvalue weighted by molar-refractivity contribution is 7.17. The van der Waals surface area contributed by atoms with Crippen molar-refractivity contribution in [1.82, 2.24) is 0 Å². The maximum Gasteiger partial charge on any atom is 0.341 e. The Labute approximate surface area is 177 Å². The van der Waals surface area contributed by atoms with Crippen molar-refractivity contribution in [1.29, 1.82) is 0 Å². The molecule has 1 atom stereocenters. The molecular formula is C20H21Cl2NO4S. The third kappa shape index (κ3) is 4.62. The number of fused-ring (bicyclic) bond motifs is 1. The van der Waals surface area contributed by atoms with Crippen molar-refractivity contribution < 1.29 is 19.1 Å². The van der Waals surface area contributed by atoms with Crippen LogP contribution < -0.4 is 10.1 Å². The molecule has 1 amide bonds. The number of amides is 1. The highest BCUT2D eigenvalue weighted by Crippen LogP contribution is 2.40. The molecule has 0 spiro atoms. The van der Waals surface area contributed by atoms with E-state index in [9.17, 15) is 9.59 Å². The van der Waals surface area contributed by atoms with Crippen molar-refractivity contribution in [3.05, 3.63) is 44.2 Å². The first kappa shape index (κ1) is 21.0. The van der Waals surface area contributed by atoms with Crippen molar-refractivity contribution in [2.45, 2.75) is 32.6 Å². The molecule has 28 heavy (non-hydrogen) atoms. The van der Waals surface area contributed by atoms with Crippen LogP contribution in [0.5, 0.6) is 5.75 Å². The van der Waals surface area contributed by atoms with Gasteiger partial charge in [-0.15, -0.1) is 11.3 Å². The Morgan fingerprint density at radius 1 is 1.32 bits per heavy atom. The van der Waals surface area contributed by atoms with Gasteiger partial charge in [-0.05, 0) is 48.9 Å². The molecule has 0 bridgehead atoms. The molecule has 0 saturated carbocycles. The van der Waals surface area contributed by atoms with Gasteiger partial charge in [0.15, 0.2) is 6.61 Å². The molecule has 150 valence electrons. The molecule has 3 rings (SSSR count). The summed E-state index contributed by atoms with van der Waals surface area (Å²) in [6, 6.07) is 4.78. The minimum atomic E-state index is -0.426. The lowest BCUT2D eigenvalue weighted by molar-refractivity contribution is -0.118. The molecule has 0 aliphatic heterocycles. The van der Waals surface area contributed by atoms with Crippen LogP contribution in [0, 0.1) is 5.92 Å². The number of carbonyl (C=O) groups excluding carboxylic acids is 2. The first-order chi connectivity index (χ1) is 13.4. The lowest BCUT2D eigenvalue weighted by Crippen LogP contribution is -2.21. The fraction of sp³-hybridized carbons (Fsp3) is 0.400. The quantitative estimate of drug-likeness (QED) is 0.611. The standard InChI is InChI=1S/C20H21Cl2NO4S/c1-3-11-4-6-13-16(8-11)28-19(18(13)20(25)26-2)23-17(24)10-27-15-7-5-12(21)9-14(15)22/h5,7,9,11H,3-4,6,8,10H2,1-2H3,(H,23,24)/t11-/m1/s1. The van der Waals surface area contributed by atoms with Gasteiger partial charge in [-0.25, -0.2) is 4.79 Å². The Morgan fingerprint density at radius 2 is 2.11 bits per heavy atom. The lowest BCUT2D eigenvalue weighted by Gasteiger charge is -2.20. The summed E-state index contributed by atoms with van der Waals surface area (Å²) in [6.07, 6.45) is 3.88. The maximum atomic E-state index is 12.4. The number of esters is 1. The smallest absolute Gasteiger partial charge is 0.341 e. The summed E-state index contributed by atoms with van der Waals surface area (Å²) in [4.78, 5) is 25.9. The number of benzene rings is 1. The predicted molar refractivity (Wildman–Crippen MR) is 112 cm³/mol. The van der Waals surface area contributed by atoms with E-state index >= 15 is 0 Å². The third-order valence-electron chi connectivity index (χ3n) is 4.84. The van der Waals surface area contributed by atoms with Gasteiger partial charge in [-0.3, -0.25) is 4.79 Å². The van der Waals surface area contributed by atoms with Crippen LogP contribution in [0.1, 0.15) is 40.6 Å². The average Bonchev–Trinajstić information content (AvgIpc) is 3.03. The number of anilines is 1. The summed E-state index contributed by atoms with van der Waals surface area (Å²) < 4.78 is 10.4. The van der Waals surface area contributed by atoms with E-state index in [2.05, 4.69) is 12.2 Å². The van der Waals surface area contributed by atoms with Crippen molar-refractivity contribution in [2.75, 3.05) is 19.0 Å². The second kappa shape index (κ2) is 9.16. The number of hydrogen-bond acceptors (Lipinski definition) is 5. The Bertz CT molecular complexity index is 897. The van der Waals surface area contributed by atoms with Crippen molar-refractivity contribution in [3.63, 3.8) is 0 Å². The summed E-state index contributed by atoms with van der Waals surface area (Å²) in [5.74, 6) is 0.174. The van der Waals surface area contributed by atoms with E-state index in [0.717, 1.165) is 36.1 Å². The molecule has 1 heterocycles. The molecule has 1 N–H and O–H groups in total. The molecule has 1 aromatic carbocycles. The number of thiophene rings is 1. The van der Waals surface area contributed by atoms with Crippen LogP contribution >= 0.6 is 34.5 Å². The van der Waals surface area contributed by atoms with Gasteiger partial charge in [0.2, 0.25) is 0 Å². The fourth-order valence-corrected chi connectivity index (χ4v) is 5.14. The zero-order valence-corrected chi connectivity index (χ0v) is 18.0. The number of ether oxygens (including phenoxy) is 2. The van der Waals surface area contributed by atoms with Crippen LogP contribution in [-0.2, 0) is 22.4 Å². The number of nitrogens with one attached hydrogen (secondary N) is 1. The number of carbonyl (C=O) groups is 2. The monoisotopic (exact) mass is 441 g/mol. The largest absolute Gasteiger partial charge is 0.482 e. The molecule has 8 heteroatoms. The van der Waals surface area contributed by atoms with Gasteiger partial charge in [0.1, 0.15) is 10.8 Å². The Kier molecular flexibility index (Phi) is 6.86. The highest BCUT2D eigenvalue weighted by Gasteiger charge is 2.29. The van der Waals surface area contributed by atoms with Crippen molar-refractivity contribution in [2.24, 2.45) is 5.92 Å². The predicted octanol–water partition coefficient (Wildman–Crippen LogP) is 5.37. The Balaban J connectivity index is 1.74. The van der Waals surface area contributed by atoms with Crippen LogP contribution in [0.2, 0.25) is 10.0 Å². The molecule has 1 aromatic heterocycles. The second-order valence-electron chi connectivity index (χ2n) is 6.63. The van der Waals surface area contributed by atoms with E-state index in [1.54, 1.807) is 18.2 Å². The van der Waals surface area contributed by atoms with Gasteiger partial charge in [-0.1, -0.05) is 36.5 Å². The molecule has 0 unspecified atom stereocenters. The minimum Gasteiger partial charge on any atom is -0.482 e. The topological polar surface area (TPSA) is 64.6 Å². The van der Waals surface area contributed by atoms with E-state index in [1.165, 1.54) is 18.4 Å². The van der Waals surface area contributed by atoms with Crippen molar-refractivity contribution in [3.8, 4) is 5.75 Å². The van der Waals surface area contributed by atoms with Crippen LogP contribution in [0.15, 0.2) is 18.2 Å². The number of rotatable bonds is 6. The van der Waals surface area contributed by atoms with Gasteiger partial charge in [-0.2, -0.15) is 0 Å². The third-order valence-corrected chi connectivity index (χ3v) is 6.54. The van der Waals surface area contributed by atoms with E-state index in [0.29, 0.717) is 32.3 Å². The number of hydrogen-bond donors (Lipinski definition) is 1. The summed E-state index contributed by atoms with van der Waals surface area (Å²) in [5.41, 5.74) is 1.47. The molecular weight excluding hydrogens is 421 g/mol. The summed E-state index contributed by atoms with van der Waals surface area (Å²) in [7, 11) is 1.35. The normalized spacial score (nSPS) is 15.6. The van der Waals surface area contributed by atoms with Gasteiger partial charge in [0, 0.05) is 9.90 Å². The van der Waals surface area contributed by atoms with Gasteiger partial charge >= 0.3 is 5.97 Å². The van der Waals surface area contributed by atoms with Gasteiger partial charge < -0.3 is 14.8 Å². The maximum absolute atomic E-state index is 12.4. The molecule has 0 saturated heterocycles. The molecule has 5 nitrogen and oxygen atoms in total. The lowest BCUT2D eigenvalue weighted by atomic mass is 9.86. The summed E-state index contributed by atoms with van der Waals surface area (Å²) in [5, 5.41) is 4.13. The first-order valence-electron chi connectivity index (χ1n) is 9.03. The van der Waals surface area contributed by atoms with Crippen LogP contribution in [0.4, 0.5) is 5.00 Å². The molecule has 1 aliphatic rings. The molecule has 1 aliphatic carbocycles. The van der Waals surface area contributed by atoms with E-state index in [-0.39, 0.29) is 12.5 Å². The zero-order chi connectivity index (χ0) is 20.3. The van der Waals surface area contributed by atoms with Gasteiger partial charge in [0.25, 0.3) is 5.91 Å². The Morgan fingerprint density at radius 3 is 2.79 bits per heavy atom. The highest BCUT2D eigenvalue weighted by atomic mass is 35.5. The second-order valence-corrected chi connectivity index (χ2v) is 8.58. The SMILES string of the molecule is CC[C@@H]1CCc2c(sc(NC(=O)COc3ccc(Cl)cc3Cl)c2C(=O)OC)C1. The van der Waals surface area contributed by atoms with Crippen LogP contribution in [-0.4, -0.2) is 25.6 Å². The summed E-state index contributed by atoms with van der Waals surface area (Å²) in [6.45, 7) is 1.94. The van der Waals surface area contributed by atoms with Crippen molar-refractivity contribution >= 4 is 51.4 Å². The van der Waals surface area contributed by atoms with Crippen LogP contribution in [0.25, 0.3) is 0 Å². The minimum absolute atomic E-state index is 0.234. The average molecular weight is 442 g/mol. The van der Waals surface area contributed by atoms with E-state index in [4.69, 9.17) is 32.7 Å². The molecule has 2 aromatic rings. The van der Waals surface area contributed by atoms with E-state index < -0.39 is 5.97 Å². The molecule has 0 radical (unpaired) electrons. The number of halogens is 2. The Hall–Kier alpha value is -1.76. The summed E-state index contributed by atoms with van der Waals surface area (Å²) >= 11 is 13.4. The van der Waals surface area contributed by atoms with Crippen LogP contribution in [0.3, 0.4) is 0 Å². The zero-order valence-electron chi connectivity index (χ0n) is 15.6. The fourth-order valence-electron chi connectivity index (χ4n) is 3.31. The first-order valence-corrected chi connectivity index (χ1v) is 10.6.